The van der Waals surface area contributed by atoms with E-state index in [2.05, 4.69) is 64.0 Å². The van der Waals surface area contributed by atoms with E-state index < -0.39 is 14.7 Å². The molecule has 3 heteroatoms. The average molecular weight is 342 g/mol. The van der Waals surface area contributed by atoms with Crippen LogP contribution in [0.15, 0.2) is 51.9 Å². The van der Waals surface area contributed by atoms with Crippen molar-refractivity contribution in [1.82, 2.24) is 0 Å². The molecular weight excluding hydrogens is 331 g/mol. The Bertz CT molecular complexity index is 693. The molecule has 1 aromatic carbocycles. The van der Waals surface area contributed by atoms with Crippen LogP contribution in [-0.4, -0.2) is 14.7 Å². The first kappa shape index (κ1) is 11.7. The van der Waals surface area contributed by atoms with Gasteiger partial charge in [0.25, 0.3) is 0 Å². The van der Waals surface area contributed by atoms with Crippen molar-refractivity contribution in [2.75, 3.05) is 0 Å². The van der Waals surface area contributed by atoms with E-state index in [0.717, 1.165) is 0 Å². The Kier molecular flexibility index (Phi) is 2.95. The van der Waals surface area contributed by atoms with E-state index in [-0.39, 0.29) is 0 Å². The molecule has 0 bridgehead atoms. The first-order chi connectivity index (χ1) is 9.43. The van der Waals surface area contributed by atoms with Crippen molar-refractivity contribution in [1.29, 1.82) is 0 Å². The van der Waals surface area contributed by atoms with Crippen LogP contribution in [0.2, 0.25) is 0 Å². The predicted molar refractivity (Wildman–Crippen MR) is 88.7 cm³/mol. The van der Waals surface area contributed by atoms with Gasteiger partial charge in [-0.2, -0.15) is 0 Å². The van der Waals surface area contributed by atoms with Gasteiger partial charge in [-0.15, -0.1) is 0 Å². The molecule has 0 fully saturated rings. The van der Waals surface area contributed by atoms with Crippen molar-refractivity contribution in [3.63, 3.8) is 0 Å². The maximum absolute atomic E-state index is 2.36. The van der Waals surface area contributed by atoms with Gasteiger partial charge in [0.15, 0.2) is 0 Å². The molecule has 0 spiro atoms. The zero-order valence-corrected chi connectivity index (χ0v) is 13.6. The summed E-state index contributed by atoms with van der Waals surface area (Å²) in [5, 5.41) is 9.29. The van der Waals surface area contributed by atoms with Gasteiger partial charge in [-0.05, 0) is 0 Å². The summed E-state index contributed by atoms with van der Waals surface area (Å²) in [5.41, 5.74) is 2.85. The van der Waals surface area contributed by atoms with Gasteiger partial charge in [0.1, 0.15) is 0 Å². The molecule has 0 radical (unpaired) electrons. The number of benzene rings is 1. The van der Waals surface area contributed by atoms with Gasteiger partial charge in [0.05, 0.1) is 0 Å². The normalized spacial score (nSPS) is 13.9. The molecule has 3 heterocycles. The van der Waals surface area contributed by atoms with Crippen LogP contribution >= 0.6 is 22.7 Å². The molecule has 0 aliphatic carbocycles. The Hall–Kier alpha value is -1.08. The van der Waals surface area contributed by atoms with Crippen molar-refractivity contribution >= 4 is 62.5 Å². The second-order valence-electron chi connectivity index (χ2n) is 4.43. The van der Waals surface area contributed by atoms with Gasteiger partial charge in [-0.25, -0.2) is 0 Å². The van der Waals surface area contributed by atoms with Crippen LogP contribution in [-0.2, 0) is 0 Å². The summed E-state index contributed by atoms with van der Waals surface area (Å²) in [5.74, 6) is 0. The summed E-state index contributed by atoms with van der Waals surface area (Å²) in [4.78, 5) is 0. The predicted octanol–water partition coefficient (Wildman–Crippen LogP) is 2.81. The molecule has 19 heavy (non-hydrogen) atoms. The van der Waals surface area contributed by atoms with E-state index in [0.29, 0.717) is 0 Å². The van der Waals surface area contributed by atoms with Gasteiger partial charge in [0, 0.05) is 0 Å². The number of fused-ring (bicyclic) bond motifs is 2. The monoisotopic (exact) mass is 342 g/mol. The standard InChI is InChI=1S/C16H11AsS2/c1-2-4-14(5-3-1)17-15-10-18-8-12(15)6-7-13-9-19-11-16(13)17/h1-11H. The fraction of sp³-hybridized carbons (Fsp3) is 0. The van der Waals surface area contributed by atoms with Gasteiger partial charge >= 0.3 is 126 Å². The SMILES string of the molecule is C1=Cc2cscc2[As](c2ccccc2)c2cscc21. The summed E-state index contributed by atoms with van der Waals surface area (Å²) in [6.07, 6.45) is 4.57. The third-order valence-electron chi connectivity index (χ3n) is 3.28. The molecule has 0 N–H and O–H groups in total. The summed E-state index contributed by atoms with van der Waals surface area (Å²) in [6, 6.07) is 11.0. The Balaban J connectivity index is 1.99. The van der Waals surface area contributed by atoms with E-state index >= 15 is 0 Å². The molecule has 1 aliphatic rings. The summed E-state index contributed by atoms with van der Waals surface area (Å²) in [7, 11) is 0. The number of hydrogen-bond acceptors (Lipinski definition) is 2. The van der Waals surface area contributed by atoms with Crippen LogP contribution in [0.3, 0.4) is 0 Å². The Morgan fingerprint density at radius 1 is 0.684 bits per heavy atom. The van der Waals surface area contributed by atoms with Crippen LogP contribution in [0.4, 0.5) is 0 Å². The van der Waals surface area contributed by atoms with Gasteiger partial charge in [0.2, 0.25) is 0 Å². The third kappa shape index (κ3) is 1.95. The Labute approximate surface area is 125 Å². The van der Waals surface area contributed by atoms with Crippen LogP contribution in [0, 0.1) is 0 Å². The van der Waals surface area contributed by atoms with E-state index in [1.807, 2.05) is 22.7 Å². The summed E-state index contributed by atoms with van der Waals surface area (Å²) >= 11 is 2.31. The molecule has 4 rings (SSSR count). The molecule has 0 atom stereocenters. The van der Waals surface area contributed by atoms with E-state index in [1.54, 1.807) is 8.70 Å². The van der Waals surface area contributed by atoms with Crippen molar-refractivity contribution in [3.05, 3.63) is 63.0 Å². The quantitative estimate of drug-likeness (QED) is 0.467. The van der Waals surface area contributed by atoms with E-state index in [9.17, 15) is 0 Å². The molecule has 1 aliphatic heterocycles. The topological polar surface area (TPSA) is 0 Å². The van der Waals surface area contributed by atoms with Crippen LogP contribution in [0.25, 0.3) is 12.2 Å². The van der Waals surface area contributed by atoms with Gasteiger partial charge in [-0.3, -0.25) is 0 Å². The molecule has 0 nitrogen and oxygen atoms in total. The molecule has 92 valence electrons. The van der Waals surface area contributed by atoms with E-state index in [4.69, 9.17) is 0 Å². The number of rotatable bonds is 1. The van der Waals surface area contributed by atoms with E-state index in [1.165, 1.54) is 15.5 Å². The summed E-state index contributed by atoms with van der Waals surface area (Å²) in [6.45, 7) is 0. The zero-order valence-electron chi connectivity index (χ0n) is 10.1. The average Bonchev–Trinajstić information content (AvgIpc) is 3.07. The minimum atomic E-state index is -1.35. The molecule has 0 saturated heterocycles. The van der Waals surface area contributed by atoms with Gasteiger partial charge < -0.3 is 0 Å². The maximum atomic E-state index is 2.36. The fourth-order valence-corrected chi connectivity index (χ4v) is 10.8. The van der Waals surface area contributed by atoms with Crippen LogP contribution < -0.4 is 13.1 Å². The Morgan fingerprint density at radius 3 is 1.84 bits per heavy atom. The summed E-state index contributed by atoms with van der Waals surface area (Å²) < 4.78 is 4.69. The molecule has 0 saturated carbocycles. The number of hydrogen-bond donors (Lipinski definition) is 0. The molecule has 0 unspecified atom stereocenters. The molecule has 0 amide bonds. The van der Waals surface area contributed by atoms with Crippen LogP contribution in [0.1, 0.15) is 11.1 Å². The minimum absolute atomic E-state index is 1.35. The van der Waals surface area contributed by atoms with Crippen molar-refractivity contribution in [2.45, 2.75) is 0 Å². The van der Waals surface area contributed by atoms with Crippen molar-refractivity contribution < 1.29 is 0 Å². The second-order valence-corrected chi connectivity index (χ2v) is 10.4. The third-order valence-corrected chi connectivity index (χ3v) is 10.9. The zero-order chi connectivity index (χ0) is 12.7. The first-order valence-electron chi connectivity index (χ1n) is 6.09. The van der Waals surface area contributed by atoms with Crippen molar-refractivity contribution in [2.24, 2.45) is 0 Å². The first-order valence-corrected chi connectivity index (χ1v) is 10.8. The molecule has 2 aromatic heterocycles. The second kappa shape index (κ2) is 4.79. The number of thiophene rings is 2. The molecule has 3 aromatic rings. The fourth-order valence-electron chi connectivity index (χ4n) is 2.38. The molecular formula is C16H11AsS2. The van der Waals surface area contributed by atoms with Crippen LogP contribution in [0.5, 0.6) is 0 Å². The Morgan fingerprint density at radius 2 is 1.26 bits per heavy atom. The van der Waals surface area contributed by atoms with Gasteiger partial charge in [-0.1, -0.05) is 0 Å². The van der Waals surface area contributed by atoms with Crippen molar-refractivity contribution in [3.8, 4) is 0 Å².